The summed E-state index contributed by atoms with van der Waals surface area (Å²) in [6.45, 7) is 0. The van der Waals surface area contributed by atoms with Crippen LogP contribution in [0.1, 0.15) is 19.3 Å². The van der Waals surface area contributed by atoms with Crippen LogP contribution in [-0.2, 0) is 0 Å². The van der Waals surface area contributed by atoms with Crippen molar-refractivity contribution in [2.24, 2.45) is 11.8 Å². The van der Waals surface area contributed by atoms with E-state index in [1.54, 1.807) is 0 Å². The summed E-state index contributed by atoms with van der Waals surface area (Å²) >= 11 is 4.32. The van der Waals surface area contributed by atoms with Crippen molar-refractivity contribution < 1.29 is 4.89 Å². The first kappa shape index (κ1) is 10.9. The van der Waals surface area contributed by atoms with Gasteiger partial charge in [-0.25, -0.2) is 0 Å². The molecule has 1 nitrogen and oxygen atoms in total. The van der Waals surface area contributed by atoms with Crippen molar-refractivity contribution in [1.29, 1.82) is 0 Å². The van der Waals surface area contributed by atoms with Crippen LogP contribution in [0.25, 0.3) is 0 Å². The zero-order chi connectivity index (χ0) is 8.97. The van der Waals surface area contributed by atoms with Gasteiger partial charge in [0.25, 0.3) is 0 Å². The molecule has 0 aromatic heterocycles. The highest BCUT2D eigenvalue weighted by molar-refractivity contribution is 7.80. The topological polar surface area (TPSA) is 20.2 Å². The highest BCUT2D eigenvalue weighted by Crippen LogP contribution is 2.41. The van der Waals surface area contributed by atoms with Crippen LogP contribution in [0, 0.1) is 11.8 Å². The summed E-state index contributed by atoms with van der Waals surface area (Å²) < 4.78 is 0. The lowest BCUT2D eigenvalue weighted by Gasteiger charge is -2.16. The lowest BCUT2D eigenvalue weighted by atomic mass is 9.85. The average molecular weight is 202 g/mol. The van der Waals surface area contributed by atoms with Crippen LogP contribution in [-0.4, -0.2) is 24.7 Å². The van der Waals surface area contributed by atoms with E-state index in [4.69, 9.17) is 12.7 Å². The minimum absolute atomic E-state index is 0.102. The van der Waals surface area contributed by atoms with Gasteiger partial charge in [-0.1, -0.05) is 18.7 Å². The van der Waals surface area contributed by atoms with E-state index in [0.29, 0.717) is 11.7 Å². The van der Waals surface area contributed by atoms with Crippen LogP contribution >= 0.6 is 21.4 Å². The molecule has 1 fully saturated rings. The zero-order valence-electron chi connectivity index (χ0n) is 7.24. The number of thiol groups is 1. The van der Waals surface area contributed by atoms with E-state index in [-0.39, 0.29) is 8.81 Å². The summed E-state index contributed by atoms with van der Waals surface area (Å²) in [5.74, 6) is 2.75. The summed E-state index contributed by atoms with van der Waals surface area (Å²) in [5, 5.41) is 0. The second-order valence-corrected chi connectivity index (χ2v) is 4.81. The van der Waals surface area contributed by atoms with Gasteiger partial charge in [-0.2, -0.15) is 12.6 Å². The Bertz CT molecular complexity index is 136. The quantitative estimate of drug-likeness (QED) is 0.405. The van der Waals surface area contributed by atoms with Crippen molar-refractivity contribution in [3.8, 4) is 0 Å². The first-order valence-corrected chi connectivity index (χ1v) is 6.30. The molecule has 4 heteroatoms. The van der Waals surface area contributed by atoms with E-state index < -0.39 is 0 Å². The van der Waals surface area contributed by atoms with E-state index >= 15 is 0 Å². The van der Waals surface area contributed by atoms with Crippen molar-refractivity contribution >= 4 is 29.3 Å². The molecule has 1 aliphatic carbocycles. The third-order valence-electron chi connectivity index (χ3n) is 2.74. The Morgan fingerprint density at radius 1 is 1.42 bits per heavy atom. The Hall–Kier alpha value is 0.805. The second kappa shape index (κ2) is 5.52. The van der Waals surface area contributed by atoms with Crippen LogP contribution in [0.15, 0.2) is 0 Å². The van der Waals surface area contributed by atoms with E-state index in [0.717, 1.165) is 37.1 Å². The maximum Gasteiger partial charge on any atom is 0.0699 e. The standard InChI is InChI=1S/C8H16BOPS/c9-8-3-6(1-2-11-10)7(4-8)5-12/h6-8,10-12H,1-5H2. The first-order valence-electron chi connectivity index (χ1n) is 4.51. The van der Waals surface area contributed by atoms with E-state index in [1.165, 1.54) is 0 Å². The van der Waals surface area contributed by atoms with Gasteiger partial charge in [-0.05, 0) is 30.2 Å². The van der Waals surface area contributed by atoms with Crippen LogP contribution in [0.5, 0.6) is 0 Å². The molecule has 0 aromatic rings. The fourth-order valence-electron chi connectivity index (χ4n) is 2.09. The van der Waals surface area contributed by atoms with Gasteiger partial charge < -0.3 is 4.89 Å². The Kier molecular flexibility index (Phi) is 5.00. The summed E-state index contributed by atoms with van der Waals surface area (Å²) in [6, 6.07) is 0. The number of rotatable bonds is 4. The zero-order valence-corrected chi connectivity index (χ0v) is 9.13. The van der Waals surface area contributed by atoms with Gasteiger partial charge in [0.15, 0.2) is 0 Å². The molecule has 0 aromatic carbocycles. The van der Waals surface area contributed by atoms with Gasteiger partial charge in [0, 0.05) is 8.81 Å². The molecular formula is C8H16BOPS. The number of hydrogen-bond donors (Lipinski definition) is 2. The number of hydrogen-bond acceptors (Lipinski definition) is 2. The molecule has 4 atom stereocenters. The SMILES string of the molecule is [B]C1CC(CS)C(CCPO)C1. The molecule has 1 saturated carbocycles. The summed E-state index contributed by atoms with van der Waals surface area (Å²) in [6.07, 6.45) is 4.34. The average Bonchev–Trinajstić information content (AvgIpc) is 2.42. The maximum absolute atomic E-state index is 8.73. The highest BCUT2D eigenvalue weighted by atomic mass is 32.1. The minimum atomic E-state index is 0.102. The molecule has 68 valence electrons. The molecule has 12 heavy (non-hydrogen) atoms. The van der Waals surface area contributed by atoms with Crippen molar-refractivity contribution in [3.05, 3.63) is 0 Å². The van der Waals surface area contributed by atoms with Gasteiger partial charge >= 0.3 is 0 Å². The van der Waals surface area contributed by atoms with Crippen molar-refractivity contribution in [3.63, 3.8) is 0 Å². The lowest BCUT2D eigenvalue weighted by molar-refractivity contribution is 0.414. The Balaban J connectivity index is 2.30. The van der Waals surface area contributed by atoms with Crippen molar-refractivity contribution in [2.75, 3.05) is 11.9 Å². The third kappa shape index (κ3) is 2.94. The smallest absolute Gasteiger partial charge is 0.0699 e. The summed E-state index contributed by atoms with van der Waals surface area (Å²) in [4.78, 5) is 8.73. The molecule has 0 aliphatic heterocycles. The van der Waals surface area contributed by atoms with E-state index in [2.05, 4.69) is 12.6 Å². The van der Waals surface area contributed by atoms with Crippen LogP contribution in [0.2, 0.25) is 5.82 Å². The van der Waals surface area contributed by atoms with E-state index in [9.17, 15) is 0 Å². The Morgan fingerprint density at radius 3 is 2.67 bits per heavy atom. The molecular weight excluding hydrogens is 186 g/mol. The van der Waals surface area contributed by atoms with Gasteiger partial charge in [0.05, 0.1) is 7.85 Å². The van der Waals surface area contributed by atoms with Gasteiger partial charge in [0.2, 0.25) is 0 Å². The predicted octanol–water partition coefficient (Wildman–Crippen LogP) is 1.88. The molecule has 1 rings (SSSR count). The van der Waals surface area contributed by atoms with Gasteiger partial charge in [-0.3, -0.25) is 0 Å². The molecule has 2 radical (unpaired) electrons. The predicted molar refractivity (Wildman–Crippen MR) is 59.6 cm³/mol. The van der Waals surface area contributed by atoms with Crippen LogP contribution < -0.4 is 0 Å². The third-order valence-corrected chi connectivity index (χ3v) is 3.72. The second-order valence-electron chi connectivity index (χ2n) is 3.63. The monoisotopic (exact) mass is 202 g/mol. The van der Waals surface area contributed by atoms with Gasteiger partial charge in [-0.15, -0.1) is 0 Å². The Labute approximate surface area is 83.4 Å². The molecule has 0 amide bonds. The highest BCUT2D eigenvalue weighted by Gasteiger charge is 2.29. The van der Waals surface area contributed by atoms with Crippen LogP contribution in [0.3, 0.4) is 0 Å². The van der Waals surface area contributed by atoms with Crippen molar-refractivity contribution in [2.45, 2.75) is 25.1 Å². The summed E-state index contributed by atoms with van der Waals surface area (Å²) in [7, 11) is 5.97. The summed E-state index contributed by atoms with van der Waals surface area (Å²) in [5.41, 5.74) is 0. The van der Waals surface area contributed by atoms with Crippen LogP contribution in [0.4, 0.5) is 0 Å². The minimum Gasteiger partial charge on any atom is -0.377 e. The molecule has 0 bridgehead atoms. The van der Waals surface area contributed by atoms with E-state index in [1.807, 2.05) is 0 Å². The Morgan fingerprint density at radius 2 is 2.08 bits per heavy atom. The van der Waals surface area contributed by atoms with Gasteiger partial charge in [0.1, 0.15) is 0 Å². The fourth-order valence-corrected chi connectivity index (χ4v) is 3.03. The fraction of sp³-hybridized carbons (Fsp3) is 1.00. The van der Waals surface area contributed by atoms with Crippen molar-refractivity contribution in [1.82, 2.24) is 0 Å². The normalized spacial score (nSPS) is 36.7. The lowest BCUT2D eigenvalue weighted by Crippen LogP contribution is -2.09. The molecule has 1 N–H and O–H groups in total. The first-order chi connectivity index (χ1) is 5.77. The largest absolute Gasteiger partial charge is 0.377 e. The molecule has 0 heterocycles. The maximum atomic E-state index is 8.73. The molecule has 0 spiro atoms. The molecule has 1 aliphatic rings. The molecule has 0 saturated heterocycles. The molecule has 4 unspecified atom stereocenters.